The predicted molar refractivity (Wildman–Crippen MR) is 95.1 cm³/mol. The Labute approximate surface area is 124 Å². The molecule has 1 rings (SSSR count). The van der Waals surface area contributed by atoms with Crippen molar-refractivity contribution in [2.24, 2.45) is 5.41 Å². The van der Waals surface area contributed by atoms with Gasteiger partial charge in [-0.2, -0.15) is 0 Å². The molecule has 0 N–H and O–H groups in total. The van der Waals surface area contributed by atoms with Gasteiger partial charge in [0.2, 0.25) is 0 Å². The summed E-state index contributed by atoms with van der Waals surface area (Å²) in [5.74, 6) is 0. The van der Waals surface area contributed by atoms with E-state index in [1.807, 2.05) is 13.8 Å². The summed E-state index contributed by atoms with van der Waals surface area (Å²) in [6.07, 6.45) is 0. The average molecular weight is 269 g/mol. The van der Waals surface area contributed by atoms with E-state index in [9.17, 15) is 0 Å². The van der Waals surface area contributed by atoms with Crippen molar-refractivity contribution < 1.29 is 0 Å². The molecule has 0 atom stereocenters. The highest BCUT2D eigenvalue weighted by atomic mass is 14.2. The number of hydrogen-bond donors (Lipinski definition) is 0. The van der Waals surface area contributed by atoms with Crippen molar-refractivity contribution in [2.75, 3.05) is 0 Å². The van der Waals surface area contributed by atoms with Crippen LogP contribution in [0.4, 0.5) is 0 Å². The van der Waals surface area contributed by atoms with Crippen LogP contribution >= 0.6 is 0 Å². The van der Waals surface area contributed by atoms with Gasteiger partial charge in [-0.25, -0.2) is 0 Å². The minimum Gasteiger partial charge on any atom is -0.0776 e. The third-order valence-electron chi connectivity index (χ3n) is 1.64. The molecule has 19 heavy (non-hydrogen) atoms. The quantitative estimate of drug-likeness (QED) is 0.462. The molecule has 0 spiro atoms. The van der Waals surface area contributed by atoms with Crippen LogP contribution in [0, 0.1) is 5.41 Å². The lowest BCUT2D eigenvalue weighted by atomic mass is 9.87. The largest absolute Gasteiger partial charge is 0.0776 e. The summed E-state index contributed by atoms with van der Waals surface area (Å²) < 4.78 is 0. The van der Waals surface area contributed by atoms with Gasteiger partial charge in [-0.3, -0.25) is 0 Å². The summed E-state index contributed by atoms with van der Waals surface area (Å²) in [7, 11) is 0. The third-order valence-corrected chi connectivity index (χ3v) is 1.64. The van der Waals surface area contributed by atoms with E-state index in [0.717, 1.165) is 0 Å². The van der Waals surface area contributed by atoms with Gasteiger partial charge >= 0.3 is 0 Å². The van der Waals surface area contributed by atoms with E-state index in [1.54, 1.807) is 0 Å². The van der Waals surface area contributed by atoms with Gasteiger partial charge in [-0.1, -0.05) is 107 Å². The molecule has 0 unspecified atom stereocenters. The lowest BCUT2D eigenvalue weighted by molar-refractivity contribution is 0.469. The van der Waals surface area contributed by atoms with Crippen molar-refractivity contribution in [2.45, 2.75) is 82.6 Å². The number of rotatable bonds is 0. The van der Waals surface area contributed by atoms with Crippen LogP contribution < -0.4 is 0 Å². The summed E-state index contributed by atoms with van der Waals surface area (Å²) in [5.41, 5.74) is 2.19. The van der Waals surface area contributed by atoms with Crippen molar-refractivity contribution in [3.8, 4) is 0 Å². The Kier molecular flexibility index (Phi) is 17.2. The first kappa shape index (κ1) is 26.7. The van der Waals surface area contributed by atoms with Crippen molar-refractivity contribution in [3.63, 3.8) is 0 Å². The first-order chi connectivity index (χ1) is 7.61. The minimum atomic E-state index is 0. The monoisotopic (exact) mass is 268 g/mol. The summed E-state index contributed by atoms with van der Waals surface area (Å²) in [6, 6.07) is 10.6. The van der Waals surface area contributed by atoms with Crippen LogP contribution in [-0.4, -0.2) is 0 Å². The van der Waals surface area contributed by atoms with Gasteiger partial charge in [0.05, 0.1) is 0 Å². The van der Waals surface area contributed by atoms with Crippen LogP contribution in [0.2, 0.25) is 0 Å². The highest BCUT2D eigenvalue weighted by Crippen LogP contribution is 2.20. The molecule has 0 heteroatoms. The maximum Gasteiger partial charge on any atom is -0.0132 e. The first-order valence-electron chi connectivity index (χ1n) is 6.66. The van der Waals surface area contributed by atoms with Crippen LogP contribution in [0.15, 0.2) is 30.3 Å². The normalized spacial score (nSPS) is 9.53. The topological polar surface area (TPSA) is 0 Å². The first-order valence-corrected chi connectivity index (χ1v) is 6.66. The highest BCUT2D eigenvalue weighted by Gasteiger charge is 2.11. The lowest BCUT2D eigenvalue weighted by Crippen LogP contribution is -2.10. The fraction of sp³-hybridized carbons (Fsp3) is 0.684. The SMILES string of the molecule is C.C.CC.CC(C)(C)C.CC(C)(C)c1ccccc1. The summed E-state index contributed by atoms with van der Waals surface area (Å²) in [5, 5.41) is 0. The van der Waals surface area contributed by atoms with Crippen LogP contribution in [0.25, 0.3) is 0 Å². The zero-order valence-corrected chi connectivity index (χ0v) is 13.4. The van der Waals surface area contributed by atoms with Crippen LogP contribution in [-0.2, 0) is 5.41 Å². The molecule has 0 nitrogen and oxygen atoms in total. The number of benzene rings is 1. The molecule has 116 valence electrons. The van der Waals surface area contributed by atoms with E-state index in [-0.39, 0.29) is 14.9 Å². The fourth-order valence-electron chi connectivity index (χ4n) is 0.938. The molecule has 0 aliphatic heterocycles. The maximum absolute atomic E-state index is 2.22. The van der Waals surface area contributed by atoms with Gasteiger partial charge in [0, 0.05) is 0 Å². The van der Waals surface area contributed by atoms with E-state index in [4.69, 9.17) is 0 Å². The molecular formula is C19H40. The Balaban J connectivity index is -0.000000109. The molecule has 0 fully saturated rings. The molecule has 1 aromatic rings. The molecule has 0 amide bonds. The Bertz CT molecular complexity index is 250. The Hall–Kier alpha value is -0.780. The Morgan fingerprint density at radius 2 is 0.895 bits per heavy atom. The van der Waals surface area contributed by atoms with Crippen LogP contribution in [0.5, 0.6) is 0 Å². The predicted octanol–water partition coefficient (Wildman–Crippen LogP) is 7.33. The second-order valence-corrected chi connectivity index (χ2v) is 6.62. The standard InChI is InChI=1S/C10H14.C5H12.C2H6.2CH4/c1-10(2,3)9-7-5-4-6-8-9;1-5(2,3)4;1-2;;/h4-8H,1-3H3;1-4H3;1-2H3;2*1H4. The second kappa shape index (κ2) is 12.3. The Morgan fingerprint density at radius 3 is 1.05 bits per heavy atom. The second-order valence-electron chi connectivity index (χ2n) is 6.62. The van der Waals surface area contributed by atoms with Gasteiger partial charge in [0.15, 0.2) is 0 Å². The van der Waals surface area contributed by atoms with Crippen molar-refractivity contribution >= 4 is 0 Å². The summed E-state index contributed by atoms with van der Waals surface area (Å²) in [4.78, 5) is 0. The molecule has 0 saturated heterocycles. The molecular weight excluding hydrogens is 228 g/mol. The zero-order valence-electron chi connectivity index (χ0n) is 13.4. The smallest absolute Gasteiger partial charge is 0.0132 e. The highest BCUT2D eigenvalue weighted by molar-refractivity contribution is 5.21. The molecule has 0 heterocycles. The Morgan fingerprint density at radius 1 is 0.632 bits per heavy atom. The van der Waals surface area contributed by atoms with E-state index >= 15 is 0 Å². The summed E-state index contributed by atoms with van der Waals surface area (Å²) in [6.45, 7) is 19.4. The molecule has 0 aliphatic carbocycles. The number of hydrogen-bond acceptors (Lipinski definition) is 0. The van der Waals surface area contributed by atoms with Gasteiger partial charge in [-0.05, 0) is 16.4 Å². The van der Waals surface area contributed by atoms with Crippen molar-refractivity contribution in [1.82, 2.24) is 0 Å². The van der Waals surface area contributed by atoms with Crippen LogP contribution in [0.3, 0.4) is 0 Å². The van der Waals surface area contributed by atoms with Gasteiger partial charge in [0.25, 0.3) is 0 Å². The molecule has 0 saturated carbocycles. The molecule has 0 aromatic heterocycles. The average Bonchev–Trinajstić information content (AvgIpc) is 2.18. The van der Waals surface area contributed by atoms with Gasteiger partial charge in [0.1, 0.15) is 0 Å². The van der Waals surface area contributed by atoms with E-state index in [0.29, 0.717) is 10.8 Å². The van der Waals surface area contributed by atoms with Crippen molar-refractivity contribution in [1.29, 1.82) is 0 Å². The van der Waals surface area contributed by atoms with Crippen LogP contribution in [0.1, 0.15) is 82.7 Å². The molecule has 0 radical (unpaired) electrons. The van der Waals surface area contributed by atoms with Crippen molar-refractivity contribution in [3.05, 3.63) is 35.9 Å². The zero-order chi connectivity index (χ0) is 14.1. The van der Waals surface area contributed by atoms with Gasteiger partial charge < -0.3 is 0 Å². The molecule has 0 bridgehead atoms. The molecule has 0 aliphatic rings. The maximum atomic E-state index is 2.22. The van der Waals surface area contributed by atoms with E-state index < -0.39 is 0 Å². The van der Waals surface area contributed by atoms with E-state index in [2.05, 4.69) is 78.8 Å². The fourth-order valence-corrected chi connectivity index (χ4v) is 0.938. The minimum absolute atomic E-state index is 0. The third kappa shape index (κ3) is 22.8. The van der Waals surface area contributed by atoms with E-state index in [1.165, 1.54) is 5.56 Å². The lowest BCUT2D eigenvalue weighted by Gasteiger charge is -2.18. The van der Waals surface area contributed by atoms with Gasteiger partial charge in [-0.15, -0.1) is 0 Å². The summed E-state index contributed by atoms with van der Waals surface area (Å²) >= 11 is 0. The molecule has 1 aromatic carbocycles.